The Morgan fingerprint density at radius 3 is 2.67 bits per heavy atom. The standard InChI is InChI=1S/C15H23BrFN/c1-3-5-6-14(18-9-4-2)10-12-7-8-13(17)11-15(12)16/h7-8,11,14,18H,3-6,9-10H2,1-2H3. The lowest BCUT2D eigenvalue weighted by Crippen LogP contribution is -2.31. The lowest BCUT2D eigenvalue weighted by atomic mass is 10.0. The predicted molar refractivity (Wildman–Crippen MR) is 79.4 cm³/mol. The van der Waals surface area contributed by atoms with Crippen LogP contribution in [-0.2, 0) is 6.42 Å². The Morgan fingerprint density at radius 2 is 2.06 bits per heavy atom. The average Bonchev–Trinajstić information content (AvgIpc) is 2.35. The molecule has 1 nitrogen and oxygen atoms in total. The molecule has 0 bridgehead atoms. The summed E-state index contributed by atoms with van der Waals surface area (Å²) in [5.41, 5.74) is 1.18. The monoisotopic (exact) mass is 315 g/mol. The molecule has 102 valence electrons. The predicted octanol–water partition coefficient (Wildman–Crippen LogP) is 4.69. The van der Waals surface area contributed by atoms with Crippen LogP contribution in [0.15, 0.2) is 22.7 Å². The van der Waals surface area contributed by atoms with Crippen LogP contribution >= 0.6 is 15.9 Å². The molecular weight excluding hydrogens is 293 g/mol. The van der Waals surface area contributed by atoms with Gasteiger partial charge in [-0.2, -0.15) is 0 Å². The van der Waals surface area contributed by atoms with Gasteiger partial charge in [-0.05, 0) is 43.5 Å². The third kappa shape index (κ3) is 5.49. The minimum absolute atomic E-state index is 0.183. The smallest absolute Gasteiger partial charge is 0.124 e. The van der Waals surface area contributed by atoms with E-state index < -0.39 is 0 Å². The van der Waals surface area contributed by atoms with Crippen LogP contribution in [0.25, 0.3) is 0 Å². The van der Waals surface area contributed by atoms with Gasteiger partial charge in [-0.1, -0.05) is 48.7 Å². The van der Waals surface area contributed by atoms with E-state index in [1.807, 2.05) is 6.07 Å². The number of halogens is 2. The van der Waals surface area contributed by atoms with Crippen molar-refractivity contribution < 1.29 is 4.39 Å². The van der Waals surface area contributed by atoms with E-state index in [0.29, 0.717) is 6.04 Å². The number of unbranched alkanes of at least 4 members (excludes halogenated alkanes) is 1. The van der Waals surface area contributed by atoms with Crippen molar-refractivity contribution >= 4 is 15.9 Å². The molecule has 1 N–H and O–H groups in total. The van der Waals surface area contributed by atoms with Gasteiger partial charge < -0.3 is 5.32 Å². The summed E-state index contributed by atoms with van der Waals surface area (Å²) in [5, 5.41) is 3.58. The molecule has 1 aromatic carbocycles. The first-order chi connectivity index (χ1) is 8.67. The molecular formula is C15H23BrFN. The van der Waals surface area contributed by atoms with Gasteiger partial charge in [0, 0.05) is 10.5 Å². The normalized spacial score (nSPS) is 12.7. The van der Waals surface area contributed by atoms with Crippen molar-refractivity contribution in [1.29, 1.82) is 0 Å². The zero-order chi connectivity index (χ0) is 13.4. The Morgan fingerprint density at radius 1 is 1.28 bits per heavy atom. The quantitative estimate of drug-likeness (QED) is 0.734. The molecule has 1 atom stereocenters. The van der Waals surface area contributed by atoms with Crippen LogP contribution in [0.1, 0.15) is 45.1 Å². The second-order valence-corrected chi connectivity index (χ2v) is 5.59. The van der Waals surface area contributed by atoms with Gasteiger partial charge in [0.25, 0.3) is 0 Å². The molecule has 0 saturated carbocycles. The lowest BCUT2D eigenvalue weighted by Gasteiger charge is -2.19. The van der Waals surface area contributed by atoms with Crippen LogP contribution in [0.3, 0.4) is 0 Å². The van der Waals surface area contributed by atoms with Gasteiger partial charge in [-0.3, -0.25) is 0 Å². The van der Waals surface area contributed by atoms with Crippen molar-refractivity contribution in [3.05, 3.63) is 34.1 Å². The van der Waals surface area contributed by atoms with Crippen molar-refractivity contribution in [2.75, 3.05) is 6.54 Å². The SMILES string of the molecule is CCCCC(Cc1ccc(F)cc1Br)NCCC. The second-order valence-electron chi connectivity index (χ2n) is 4.73. The minimum atomic E-state index is -0.183. The molecule has 1 rings (SSSR count). The largest absolute Gasteiger partial charge is 0.314 e. The Labute approximate surface area is 118 Å². The molecule has 18 heavy (non-hydrogen) atoms. The topological polar surface area (TPSA) is 12.0 Å². The maximum Gasteiger partial charge on any atom is 0.124 e. The van der Waals surface area contributed by atoms with Crippen LogP contribution in [-0.4, -0.2) is 12.6 Å². The van der Waals surface area contributed by atoms with Crippen molar-refractivity contribution in [2.45, 2.75) is 52.0 Å². The molecule has 0 aliphatic heterocycles. The van der Waals surface area contributed by atoms with Crippen molar-refractivity contribution in [1.82, 2.24) is 5.32 Å². The third-order valence-corrected chi connectivity index (χ3v) is 3.81. The summed E-state index contributed by atoms with van der Waals surface area (Å²) in [7, 11) is 0. The highest BCUT2D eigenvalue weighted by Gasteiger charge is 2.10. The summed E-state index contributed by atoms with van der Waals surface area (Å²) in [5.74, 6) is -0.183. The number of hydrogen-bond acceptors (Lipinski definition) is 1. The zero-order valence-electron chi connectivity index (χ0n) is 11.3. The van der Waals surface area contributed by atoms with Gasteiger partial charge in [-0.25, -0.2) is 4.39 Å². The van der Waals surface area contributed by atoms with E-state index >= 15 is 0 Å². The fraction of sp³-hybridized carbons (Fsp3) is 0.600. The highest BCUT2D eigenvalue weighted by molar-refractivity contribution is 9.10. The fourth-order valence-electron chi connectivity index (χ4n) is 2.03. The molecule has 0 aromatic heterocycles. The Kier molecular flexibility index (Phi) is 7.52. The molecule has 0 fully saturated rings. The summed E-state index contributed by atoms with van der Waals surface area (Å²) in [6, 6.07) is 5.46. The van der Waals surface area contributed by atoms with Crippen LogP contribution in [0.4, 0.5) is 4.39 Å². The van der Waals surface area contributed by atoms with E-state index in [4.69, 9.17) is 0 Å². The number of rotatable bonds is 8. The van der Waals surface area contributed by atoms with E-state index in [1.165, 1.54) is 30.9 Å². The van der Waals surface area contributed by atoms with E-state index in [0.717, 1.165) is 23.9 Å². The first-order valence-electron chi connectivity index (χ1n) is 6.84. The van der Waals surface area contributed by atoms with E-state index in [2.05, 4.69) is 35.1 Å². The Balaban J connectivity index is 2.62. The van der Waals surface area contributed by atoms with Gasteiger partial charge in [-0.15, -0.1) is 0 Å². The van der Waals surface area contributed by atoms with Crippen LogP contribution < -0.4 is 5.32 Å². The highest BCUT2D eigenvalue weighted by atomic mass is 79.9. The van der Waals surface area contributed by atoms with Crippen LogP contribution in [0, 0.1) is 5.82 Å². The molecule has 3 heteroatoms. The molecule has 1 aromatic rings. The van der Waals surface area contributed by atoms with E-state index in [9.17, 15) is 4.39 Å². The molecule has 0 saturated heterocycles. The lowest BCUT2D eigenvalue weighted by molar-refractivity contribution is 0.461. The van der Waals surface area contributed by atoms with Gasteiger partial charge in [0.1, 0.15) is 5.82 Å². The average molecular weight is 316 g/mol. The summed E-state index contributed by atoms with van der Waals surface area (Å²) in [6.45, 7) is 5.44. The fourth-order valence-corrected chi connectivity index (χ4v) is 2.54. The zero-order valence-corrected chi connectivity index (χ0v) is 12.9. The highest BCUT2D eigenvalue weighted by Crippen LogP contribution is 2.20. The van der Waals surface area contributed by atoms with Gasteiger partial charge in [0.05, 0.1) is 0 Å². The second kappa shape index (κ2) is 8.65. The molecule has 0 heterocycles. The number of hydrogen-bond donors (Lipinski definition) is 1. The van der Waals surface area contributed by atoms with Crippen molar-refractivity contribution in [2.24, 2.45) is 0 Å². The van der Waals surface area contributed by atoms with Gasteiger partial charge in [0.2, 0.25) is 0 Å². The molecule has 1 unspecified atom stereocenters. The maximum atomic E-state index is 13.0. The minimum Gasteiger partial charge on any atom is -0.314 e. The summed E-state index contributed by atoms with van der Waals surface area (Å²) in [6.07, 6.45) is 5.74. The van der Waals surface area contributed by atoms with Crippen molar-refractivity contribution in [3.8, 4) is 0 Å². The molecule has 0 radical (unpaired) electrons. The summed E-state index contributed by atoms with van der Waals surface area (Å²) < 4.78 is 13.9. The molecule has 0 aliphatic rings. The Hall–Kier alpha value is -0.410. The molecule has 0 aliphatic carbocycles. The maximum absolute atomic E-state index is 13.0. The van der Waals surface area contributed by atoms with Gasteiger partial charge in [0.15, 0.2) is 0 Å². The molecule has 0 spiro atoms. The third-order valence-electron chi connectivity index (χ3n) is 3.07. The number of nitrogens with one attached hydrogen (secondary N) is 1. The van der Waals surface area contributed by atoms with E-state index in [-0.39, 0.29) is 5.82 Å². The first-order valence-corrected chi connectivity index (χ1v) is 7.64. The molecule has 0 amide bonds. The van der Waals surface area contributed by atoms with E-state index in [1.54, 1.807) is 6.07 Å². The van der Waals surface area contributed by atoms with Crippen molar-refractivity contribution in [3.63, 3.8) is 0 Å². The Bertz CT molecular complexity index is 346. The summed E-state index contributed by atoms with van der Waals surface area (Å²) in [4.78, 5) is 0. The van der Waals surface area contributed by atoms with Crippen LogP contribution in [0.2, 0.25) is 0 Å². The number of benzene rings is 1. The first kappa shape index (κ1) is 15.6. The summed E-state index contributed by atoms with van der Waals surface area (Å²) >= 11 is 3.44. The van der Waals surface area contributed by atoms with Gasteiger partial charge >= 0.3 is 0 Å². The van der Waals surface area contributed by atoms with Crippen LogP contribution in [0.5, 0.6) is 0 Å².